The van der Waals surface area contributed by atoms with Crippen LogP contribution >= 0.6 is 0 Å². The Morgan fingerprint density at radius 3 is 2.38 bits per heavy atom. The smallest absolute Gasteiger partial charge is 0.235 e. The summed E-state index contributed by atoms with van der Waals surface area (Å²) in [4.78, 5) is 0. The molecule has 0 bridgehead atoms. The summed E-state index contributed by atoms with van der Waals surface area (Å²) in [6.45, 7) is 11.4. The van der Waals surface area contributed by atoms with Crippen molar-refractivity contribution in [2.75, 3.05) is 5.43 Å². The Labute approximate surface area is 125 Å². The van der Waals surface area contributed by atoms with Crippen LogP contribution in [0.3, 0.4) is 0 Å². The molecule has 0 aliphatic rings. The van der Waals surface area contributed by atoms with E-state index in [2.05, 4.69) is 26.0 Å². The van der Waals surface area contributed by atoms with Crippen molar-refractivity contribution in [2.45, 2.75) is 59.4 Å². The van der Waals surface area contributed by atoms with Crippen LogP contribution in [0, 0.1) is 0 Å². The van der Waals surface area contributed by atoms with Gasteiger partial charge in [-0.25, -0.2) is 0 Å². The molecule has 1 aromatic rings. The van der Waals surface area contributed by atoms with E-state index in [1.165, 1.54) is 0 Å². The normalized spacial score (nSPS) is 14.2. The second-order valence-electron chi connectivity index (χ2n) is 6.10. The van der Waals surface area contributed by atoms with Crippen molar-refractivity contribution >= 4 is 11.5 Å². The number of hydrazone groups is 1. The lowest BCUT2D eigenvalue weighted by atomic mass is 10.1. The van der Waals surface area contributed by atoms with E-state index in [9.17, 15) is 5.11 Å². The molecule has 1 heterocycles. The van der Waals surface area contributed by atoms with E-state index in [1.807, 2.05) is 34.6 Å². The van der Waals surface area contributed by atoms with Gasteiger partial charge < -0.3 is 9.84 Å². The minimum atomic E-state index is -0.684. The van der Waals surface area contributed by atoms with Crippen molar-refractivity contribution in [1.29, 1.82) is 0 Å². The van der Waals surface area contributed by atoms with Crippen LogP contribution in [-0.2, 0) is 0 Å². The molecule has 1 rings (SSSR count). The number of anilines is 1. The van der Waals surface area contributed by atoms with Crippen molar-refractivity contribution in [3.8, 4) is 5.88 Å². The molecule has 0 saturated carbocycles. The van der Waals surface area contributed by atoms with Gasteiger partial charge in [0.2, 0.25) is 5.88 Å². The predicted octanol–water partition coefficient (Wildman–Crippen LogP) is 1.76. The molecule has 0 aromatic carbocycles. The standard InChI is InChI=1S/C14H25N5O2/c1-9(2)16-17-11-7-8-12(19-18-11)21-13(10(3)20)15-14(4,5)6/h7-8,10,13,15,20H,1-6H3,(H,17,18). The Kier molecular flexibility index (Phi) is 6.04. The summed E-state index contributed by atoms with van der Waals surface area (Å²) in [5, 5.41) is 24.9. The molecule has 21 heavy (non-hydrogen) atoms. The van der Waals surface area contributed by atoms with E-state index in [0.717, 1.165) is 5.71 Å². The second-order valence-corrected chi connectivity index (χ2v) is 6.10. The molecule has 0 saturated heterocycles. The highest BCUT2D eigenvalue weighted by Gasteiger charge is 2.23. The predicted molar refractivity (Wildman–Crippen MR) is 83.4 cm³/mol. The maximum Gasteiger partial charge on any atom is 0.235 e. The molecule has 2 atom stereocenters. The minimum absolute atomic E-state index is 0.191. The number of ether oxygens (including phenoxy) is 1. The first kappa shape index (κ1) is 17.3. The van der Waals surface area contributed by atoms with Crippen molar-refractivity contribution in [3.05, 3.63) is 12.1 Å². The quantitative estimate of drug-likeness (QED) is 0.421. The van der Waals surface area contributed by atoms with E-state index in [-0.39, 0.29) is 5.54 Å². The maximum absolute atomic E-state index is 9.77. The number of nitrogens with zero attached hydrogens (tertiary/aromatic N) is 3. The fourth-order valence-corrected chi connectivity index (χ4v) is 1.42. The summed E-state index contributed by atoms with van der Waals surface area (Å²) in [7, 11) is 0. The Morgan fingerprint density at radius 2 is 1.95 bits per heavy atom. The third-order valence-corrected chi connectivity index (χ3v) is 2.30. The van der Waals surface area contributed by atoms with Crippen LogP contribution in [0.2, 0.25) is 0 Å². The maximum atomic E-state index is 9.77. The topological polar surface area (TPSA) is 91.7 Å². The highest BCUT2D eigenvalue weighted by Crippen LogP contribution is 2.13. The number of hydrogen-bond acceptors (Lipinski definition) is 7. The number of aromatic nitrogens is 2. The van der Waals surface area contributed by atoms with Gasteiger partial charge in [0, 0.05) is 17.3 Å². The van der Waals surface area contributed by atoms with Gasteiger partial charge in [0.25, 0.3) is 0 Å². The van der Waals surface area contributed by atoms with Crippen molar-refractivity contribution < 1.29 is 9.84 Å². The fourth-order valence-electron chi connectivity index (χ4n) is 1.42. The zero-order valence-electron chi connectivity index (χ0n) is 13.5. The summed E-state index contributed by atoms with van der Waals surface area (Å²) in [6.07, 6.45) is -1.25. The molecular weight excluding hydrogens is 270 g/mol. The summed E-state index contributed by atoms with van der Waals surface area (Å²) in [5.74, 6) is 0.862. The van der Waals surface area contributed by atoms with E-state index in [1.54, 1.807) is 19.1 Å². The number of aliphatic hydroxyl groups is 1. The molecule has 118 valence electrons. The highest BCUT2D eigenvalue weighted by atomic mass is 16.5. The second kappa shape index (κ2) is 7.33. The van der Waals surface area contributed by atoms with Gasteiger partial charge in [0.05, 0.1) is 0 Å². The molecule has 1 aromatic heterocycles. The molecule has 0 fully saturated rings. The molecule has 7 heteroatoms. The van der Waals surface area contributed by atoms with Gasteiger partial charge >= 0.3 is 0 Å². The average Bonchev–Trinajstić information content (AvgIpc) is 2.35. The van der Waals surface area contributed by atoms with Crippen LogP contribution in [0.5, 0.6) is 5.88 Å². The zero-order chi connectivity index (χ0) is 16.0. The summed E-state index contributed by atoms with van der Waals surface area (Å²) in [5.41, 5.74) is 3.48. The molecule has 0 radical (unpaired) electrons. The Hall–Kier alpha value is -1.73. The molecule has 0 amide bonds. The van der Waals surface area contributed by atoms with Crippen LogP contribution in [0.4, 0.5) is 5.82 Å². The third-order valence-electron chi connectivity index (χ3n) is 2.30. The Morgan fingerprint density at radius 1 is 1.29 bits per heavy atom. The van der Waals surface area contributed by atoms with E-state index < -0.39 is 12.3 Å². The Bertz CT molecular complexity index is 461. The van der Waals surface area contributed by atoms with E-state index in [4.69, 9.17) is 4.74 Å². The molecule has 0 aliphatic carbocycles. The van der Waals surface area contributed by atoms with Gasteiger partial charge in [0.15, 0.2) is 12.0 Å². The molecule has 3 N–H and O–H groups in total. The number of hydrogen-bond donors (Lipinski definition) is 3. The van der Waals surface area contributed by atoms with Gasteiger partial charge in [-0.05, 0) is 47.6 Å². The summed E-state index contributed by atoms with van der Waals surface area (Å²) >= 11 is 0. The van der Waals surface area contributed by atoms with E-state index >= 15 is 0 Å². The first-order chi connectivity index (χ1) is 9.67. The first-order valence-corrected chi connectivity index (χ1v) is 6.90. The molecule has 7 nitrogen and oxygen atoms in total. The SMILES string of the molecule is CC(C)=NNc1ccc(OC(NC(C)(C)C)C(C)O)nn1. The van der Waals surface area contributed by atoms with Crippen molar-refractivity contribution in [3.63, 3.8) is 0 Å². The van der Waals surface area contributed by atoms with Crippen LogP contribution in [0.1, 0.15) is 41.5 Å². The lowest BCUT2D eigenvalue weighted by molar-refractivity contribution is 0.00808. The minimum Gasteiger partial charge on any atom is -0.455 e. The van der Waals surface area contributed by atoms with Gasteiger partial charge in [-0.2, -0.15) is 5.10 Å². The lowest BCUT2D eigenvalue weighted by Crippen LogP contribution is -2.51. The molecule has 0 spiro atoms. The summed E-state index contributed by atoms with van der Waals surface area (Å²) < 4.78 is 5.63. The van der Waals surface area contributed by atoms with Crippen LogP contribution in [0.15, 0.2) is 17.2 Å². The summed E-state index contributed by atoms with van der Waals surface area (Å²) in [6, 6.07) is 3.39. The van der Waals surface area contributed by atoms with Crippen molar-refractivity contribution in [1.82, 2.24) is 15.5 Å². The van der Waals surface area contributed by atoms with Gasteiger partial charge in [0.1, 0.15) is 6.10 Å². The number of aliphatic hydroxyl groups excluding tert-OH is 1. The fraction of sp³-hybridized carbons (Fsp3) is 0.643. The third kappa shape index (κ3) is 7.01. The van der Waals surface area contributed by atoms with Crippen LogP contribution in [-0.4, -0.2) is 38.9 Å². The zero-order valence-corrected chi connectivity index (χ0v) is 13.5. The van der Waals surface area contributed by atoms with Crippen molar-refractivity contribution in [2.24, 2.45) is 5.10 Å². The van der Waals surface area contributed by atoms with Gasteiger partial charge in [-0.15, -0.1) is 10.2 Å². The van der Waals surface area contributed by atoms with E-state index in [0.29, 0.717) is 11.7 Å². The number of rotatable bonds is 6. The highest BCUT2D eigenvalue weighted by molar-refractivity contribution is 5.79. The average molecular weight is 295 g/mol. The van der Waals surface area contributed by atoms with Gasteiger partial charge in [-0.1, -0.05) is 0 Å². The monoisotopic (exact) mass is 295 g/mol. The van der Waals surface area contributed by atoms with Crippen LogP contribution < -0.4 is 15.5 Å². The largest absolute Gasteiger partial charge is 0.455 e. The number of nitrogens with one attached hydrogen (secondary N) is 2. The lowest BCUT2D eigenvalue weighted by Gasteiger charge is -2.30. The Balaban J connectivity index is 2.70. The van der Waals surface area contributed by atoms with Gasteiger partial charge in [-0.3, -0.25) is 10.7 Å². The first-order valence-electron chi connectivity index (χ1n) is 6.90. The molecule has 2 unspecified atom stereocenters. The molecular formula is C14H25N5O2. The van der Waals surface area contributed by atoms with Crippen LogP contribution in [0.25, 0.3) is 0 Å². The molecule has 0 aliphatic heterocycles.